The summed E-state index contributed by atoms with van der Waals surface area (Å²) in [6, 6.07) is 6.97. The normalized spacial score (nSPS) is 13.6. The van der Waals surface area contributed by atoms with Crippen LogP contribution < -0.4 is 10.5 Å². The van der Waals surface area contributed by atoms with Crippen LogP contribution in [0.25, 0.3) is 26.7 Å². The number of carboxylic acid groups (broad SMARTS) is 1. The molecule has 0 spiro atoms. The standard InChI is InChI=1S/C21H22NO5S/c1-3-4-5-6-7-13-10-15(28(2,22)26)12-17-19(23)16-11-14(21(24)25)8-9-18(16)27-20(13)17/h8-12H,3-7H2,1-2H3,(H,24,25)/q-1/p-1. The Kier molecular flexibility index (Phi) is 5.56. The van der Waals surface area contributed by atoms with E-state index in [0.29, 0.717) is 17.6 Å². The summed E-state index contributed by atoms with van der Waals surface area (Å²) < 4.78 is 28.2. The minimum atomic E-state index is -3.28. The average molecular weight is 399 g/mol. The number of hydrogen-bond donors (Lipinski definition) is 0. The van der Waals surface area contributed by atoms with Crippen LogP contribution in [0.3, 0.4) is 0 Å². The number of fused-ring (bicyclic) bond motifs is 2. The number of aromatic carboxylic acids is 1. The van der Waals surface area contributed by atoms with Gasteiger partial charge in [0.25, 0.3) is 0 Å². The van der Waals surface area contributed by atoms with Crippen LogP contribution in [0.5, 0.6) is 0 Å². The Labute approximate surface area is 163 Å². The molecule has 28 heavy (non-hydrogen) atoms. The number of hydrogen-bond acceptors (Lipinski definition) is 5. The lowest BCUT2D eigenvalue weighted by atomic mass is 10.0. The van der Waals surface area contributed by atoms with Crippen LogP contribution in [0, 0.1) is 0 Å². The van der Waals surface area contributed by atoms with E-state index < -0.39 is 21.1 Å². The molecule has 0 aliphatic rings. The highest BCUT2D eigenvalue weighted by Gasteiger charge is 2.15. The molecular formula is C21H21NO5S-2. The fraction of sp³-hybridized carbons (Fsp3) is 0.333. The molecule has 1 atom stereocenters. The summed E-state index contributed by atoms with van der Waals surface area (Å²) >= 11 is 0. The number of benzene rings is 2. The van der Waals surface area contributed by atoms with Crippen molar-refractivity contribution in [1.29, 1.82) is 0 Å². The first-order valence-corrected chi connectivity index (χ1v) is 11.1. The summed E-state index contributed by atoms with van der Waals surface area (Å²) in [7, 11) is -3.28. The highest BCUT2D eigenvalue weighted by Crippen LogP contribution is 2.27. The SMILES string of the molecule is CCCCCCc1cc(S(C)(=[N-])=O)cc2c(=O)c3cc(C(=O)[O-])ccc3oc12. The smallest absolute Gasteiger partial charge is 0.200 e. The van der Waals surface area contributed by atoms with Crippen LogP contribution in [0.1, 0.15) is 48.5 Å². The Morgan fingerprint density at radius 3 is 2.54 bits per heavy atom. The van der Waals surface area contributed by atoms with E-state index in [1.165, 1.54) is 30.5 Å². The maximum absolute atomic E-state index is 13.0. The van der Waals surface area contributed by atoms with Gasteiger partial charge >= 0.3 is 0 Å². The molecule has 1 aromatic heterocycles. The van der Waals surface area contributed by atoms with Crippen LogP contribution >= 0.6 is 0 Å². The van der Waals surface area contributed by atoms with Crippen LogP contribution in [-0.4, -0.2) is 16.4 Å². The van der Waals surface area contributed by atoms with Crippen LogP contribution in [-0.2, 0) is 16.1 Å². The van der Waals surface area contributed by atoms with Gasteiger partial charge in [-0.3, -0.25) is 9.00 Å². The van der Waals surface area contributed by atoms with Gasteiger partial charge in [-0.05, 0) is 60.6 Å². The van der Waals surface area contributed by atoms with Crippen molar-refractivity contribution in [2.24, 2.45) is 0 Å². The number of rotatable bonds is 7. The second-order valence-electron chi connectivity index (χ2n) is 7.00. The second kappa shape index (κ2) is 7.75. The molecular weight excluding hydrogens is 378 g/mol. The quantitative estimate of drug-likeness (QED) is 0.446. The van der Waals surface area contributed by atoms with Crippen molar-refractivity contribution in [3.05, 3.63) is 56.5 Å². The fourth-order valence-corrected chi connectivity index (χ4v) is 3.97. The van der Waals surface area contributed by atoms with Gasteiger partial charge < -0.3 is 19.1 Å². The monoisotopic (exact) mass is 399 g/mol. The van der Waals surface area contributed by atoms with E-state index in [4.69, 9.17) is 4.42 Å². The molecule has 0 radical (unpaired) electrons. The van der Waals surface area contributed by atoms with E-state index >= 15 is 0 Å². The first-order valence-electron chi connectivity index (χ1n) is 9.19. The molecule has 0 bridgehead atoms. The molecule has 0 aliphatic heterocycles. The average Bonchev–Trinajstić information content (AvgIpc) is 2.64. The molecule has 3 aromatic rings. The highest BCUT2D eigenvalue weighted by molar-refractivity contribution is 7.94. The third kappa shape index (κ3) is 3.94. The van der Waals surface area contributed by atoms with Crippen LogP contribution in [0.15, 0.2) is 44.4 Å². The molecule has 1 unspecified atom stereocenters. The third-order valence-corrected chi connectivity index (χ3v) is 5.90. The van der Waals surface area contributed by atoms with Gasteiger partial charge in [0.2, 0.25) is 5.43 Å². The zero-order valence-corrected chi connectivity index (χ0v) is 16.6. The lowest BCUT2D eigenvalue weighted by Crippen LogP contribution is -2.22. The number of carbonyl (C=O) groups excluding carboxylic acids is 1. The molecule has 3 rings (SSSR count). The molecule has 0 amide bonds. The molecule has 148 valence electrons. The zero-order valence-electron chi connectivity index (χ0n) is 15.8. The highest BCUT2D eigenvalue weighted by atomic mass is 32.2. The van der Waals surface area contributed by atoms with Gasteiger partial charge in [0.05, 0.1) is 16.7 Å². The van der Waals surface area contributed by atoms with Gasteiger partial charge in [-0.2, -0.15) is 0 Å². The minimum Gasteiger partial charge on any atom is -0.747 e. The summed E-state index contributed by atoms with van der Waals surface area (Å²) in [5, 5.41) is 11.4. The lowest BCUT2D eigenvalue weighted by molar-refractivity contribution is -0.255. The summed E-state index contributed by atoms with van der Waals surface area (Å²) in [6.45, 7) is 2.11. The minimum absolute atomic E-state index is 0.101. The predicted octanol–water partition coefficient (Wildman–Crippen LogP) is 3.46. The van der Waals surface area contributed by atoms with Crippen molar-refractivity contribution < 1.29 is 18.5 Å². The van der Waals surface area contributed by atoms with Gasteiger partial charge in [-0.1, -0.05) is 26.2 Å². The van der Waals surface area contributed by atoms with Crippen molar-refractivity contribution >= 4 is 37.6 Å². The Balaban J connectivity index is 2.28. The van der Waals surface area contributed by atoms with E-state index in [9.17, 15) is 23.7 Å². The predicted molar refractivity (Wildman–Crippen MR) is 108 cm³/mol. The number of aryl methyl sites for hydroxylation is 1. The molecule has 1 heterocycles. The van der Waals surface area contributed by atoms with E-state index in [-0.39, 0.29) is 26.8 Å². The van der Waals surface area contributed by atoms with Gasteiger partial charge in [-0.25, -0.2) is 0 Å². The van der Waals surface area contributed by atoms with Gasteiger partial charge in [-0.15, -0.1) is 9.73 Å². The Bertz CT molecular complexity index is 1220. The van der Waals surface area contributed by atoms with E-state index in [2.05, 4.69) is 6.92 Å². The van der Waals surface area contributed by atoms with Gasteiger partial charge in [0.15, 0.2) is 0 Å². The van der Waals surface area contributed by atoms with Gasteiger partial charge in [0.1, 0.15) is 11.2 Å². The maximum Gasteiger partial charge on any atom is 0.200 e. The molecule has 0 fully saturated rings. The molecule has 2 aromatic carbocycles. The molecule has 0 N–H and O–H groups in total. The largest absolute Gasteiger partial charge is 0.747 e. The first-order chi connectivity index (χ1) is 13.2. The Hall–Kier alpha value is -2.67. The van der Waals surface area contributed by atoms with E-state index in [1.807, 2.05) is 0 Å². The Morgan fingerprint density at radius 2 is 1.89 bits per heavy atom. The molecule has 0 saturated heterocycles. The van der Waals surface area contributed by atoms with Crippen LogP contribution in [0.4, 0.5) is 0 Å². The van der Waals surface area contributed by atoms with Crippen LogP contribution in [0.2, 0.25) is 0 Å². The summed E-state index contributed by atoms with van der Waals surface area (Å²) in [5.41, 5.74) is 0.792. The Morgan fingerprint density at radius 1 is 1.14 bits per heavy atom. The summed E-state index contributed by atoms with van der Waals surface area (Å²) in [4.78, 5) is 24.3. The molecule has 7 heteroatoms. The maximum atomic E-state index is 13.0. The first kappa shape index (κ1) is 20.1. The van der Waals surface area contributed by atoms with Crippen molar-refractivity contribution in [2.75, 3.05) is 6.26 Å². The topological polar surface area (TPSA) is 110 Å². The van der Waals surface area contributed by atoms with E-state index in [1.54, 1.807) is 6.07 Å². The number of unbranched alkanes of at least 4 members (excludes halogenated alkanes) is 3. The van der Waals surface area contributed by atoms with Crippen molar-refractivity contribution in [3.8, 4) is 0 Å². The molecule has 0 aliphatic carbocycles. The van der Waals surface area contributed by atoms with Crippen molar-refractivity contribution in [2.45, 2.75) is 43.9 Å². The summed E-state index contributed by atoms with van der Waals surface area (Å²) in [5.74, 6) is -1.39. The second-order valence-corrected chi connectivity index (χ2v) is 9.08. The fourth-order valence-electron chi connectivity index (χ4n) is 3.27. The third-order valence-electron chi connectivity index (χ3n) is 4.79. The van der Waals surface area contributed by atoms with Gasteiger partial charge in [0, 0.05) is 4.90 Å². The summed E-state index contributed by atoms with van der Waals surface area (Å²) in [6.07, 6.45) is 5.86. The zero-order chi connectivity index (χ0) is 20.5. The molecule has 6 nitrogen and oxygen atoms in total. The lowest BCUT2D eigenvalue weighted by Gasteiger charge is -2.15. The van der Waals surface area contributed by atoms with Crippen molar-refractivity contribution in [1.82, 2.24) is 0 Å². The number of carbonyl (C=O) groups is 1. The van der Waals surface area contributed by atoms with E-state index in [0.717, 1.165) is 25.7 Å². The number of carboxylic acids is 1. The molecule has 0 saturated carbocycles. The number of nitrogens with zero attached hydrogens (tertiary/aromatic N) is 1. The van der Waals surface area contributed by atoms with Crippen molar-refractivity contribution in [3.63, 3.8) is 0 Å².